The number of carbonyl (C=O) groups is 1. The number of nitrogens with zero attached hydrogens (tertiary/aromatic N) is 2. The third-order valence-electron chi connectivity index (χ3n) is 3.59. The second kappa shape index (κ2) is 7.51. The highest BCUT2D eigenvalue weighted by atomic mass is 35.5. The molecule has 1 heterocycles. The van der Waals surface area contributed by atoms with E-state index in [4.69, 9.17) is 11.6 Å². The number of rotatable bonds is 5. The maximum Gasteiger partial charge on any atom is 0.263 e. The van der Waals surface area contributed by atoms with Crippen LogP contribution in [-0.2, 0) is 11.3 Å². The van der Waals surface area contributed by atoms with E-state index in [0.29, 0.717) is 5.02 Å². The third-order valence-corrected chi connectivity index (χ3v) is 3.96. The highest BCUT2D eigenvalue weighted by Crippen LogP contribution is 2.17. The number of aromatic amines is 1. The molecule has 1 amide bonds. The molecule has 0 spiro atoms. The number of anilines is 1. The van der Waals surface area contributed by atoms with Crippen LogP contribution in [0, 0.1) is 11.3 Å². The van der Waals surface area contributed by atoms with Gasteiger partial charge in [-0.1, -0.05) is 29.8 Å². The summed E-state index contributed by atoms with van der Waals surface area (Å²) in [6.07, 6.45) is 3.09. The van der Waals surface area contributed by atoms with E-state index in [1.807, 2.05) is 42.5 Å². The number of hydrogen-bond donors (Lipinski definition) is 3. The van der Waals surface area contributed by atoms with E-state index in [-0.39, 0.29) is 12.1 Å². The van der Waals surface area contributed by atoms with Gasteiger partial charge in [-0.15, -0.1) is 0 Å². The maximum absolute atomic E-state index is 12.2. The van der Waals surface area contributed by atoms with Gasteiger partial charge < -0.3 is 10.6 Å². The molecular weight excluding hydrogens is 338 g/mol. The van der Waals surface area contributed by atoms with E-state index in [0.717, 1.165) is 22.2 Å². The first-order valence-electron chi connectivity index (χ1n) is 7.49. The molecule has 0 radical (unpaired) electrons. The topological polar surface area (TPSA) is 93.6 Å². The predicted octanol–water partition coefficient (Wildman–Crippen LogP) is 3.35. The zero-order valence-corrected chi connectivity index (χ0v) is 13.8. The number of nitriles is 1. The molecule has 0 fully saturated rings. The van der Waals surface area contributed by atoms with E-state index in [1.54, 1.807) is 12.3 Å². The summed E-state index contributed by atoms with van der Waals surface area (Å²) >= 11 is 6.05. The molecule has 0 unspecified atom stereocenters. The Morgan fingerprint density at radius 1 is 1.32 bits per heavy atom. The standard InChI is InChI=1S/C18H14ClN5O/c19-16-4-2-1-3-12(16)9-22-18(25)14(8-20)10-21-15-6-5-13-11-23-24-17(13)7-15/h1-7,10-11,21H,9H2,(H,22,25)(H,23,24)/b14-10-. The van der Waals surface area contributed by atoms with Gasteiger partial charge in [-0.05, 0) is 29.8 Å². The summed E-state index contributed by atoms with van der Waals surface area (Å²) in [5.74, 6) is -0.475. The number of hydrogen-bond acceptors (Lipinski definition) is 4. The molecule has 3 aromatic rings. The third kappa shape index (κ3) is 3.97. The normalized spacial score (nSPS) is 11.1. The first-order valence-corrected chi connectivity index (χ1v) is 7.86. The van der Waals surface area contributed by atoms with Crippen LogP contribution in [0.4, 0.5) is 5.69 Å². The number of halogens is 1. The van der Waals surface area contributed by atoms with Crippen molar-refractivity contribution in [2.24, 2.45) is 0 Å². The van der Waals surface area contributed by atoms with Crippen LogP contribution in [0.15, 0.2) is 60.4 Å². The van der Waals surface area contributed by atoms with Gasteiger partial charge >= 0.3 is 0 Å². The van der Waals surface area contributed by atoms with Crippen LogP contribution in [-0.4, -0.2) is 16.1 Å². The highest BCUT2D eigenvalue weighted by Gasteiger charge is 2.09. The SMILES string of the molecule is N#C/C(=C/Nc1ccc2cn[nH]c2c1)C(=O)NCc1ccccc1Cl. The smallest absolute Gasteiger partial charge is 0.263 e. The molecule has 1 aromatic heterocycles. The Kier molecular flexibility index (Phi) is 4.97. The average molecular weight is 352 g/mol. The molecule has 2 aromatic carbocycles. The zero-order valence-electron chi connectivity index (χ0n) is 13.1. The Labute approximate surface area is 149 Å². The Morgan fingerprint density at radius 3 is 2.96 bits per heavy atom. The lowest BCUT2D eigenvalue weighted by molar-refractivity contribution is -0.117. The number of carbonyl (C=O) groups excluding carboxylic acids is 1. The molecule has 3 N–H and O–H groups in total. The largest absolute Gasteiger partial charge is 0.360 e. The molecule has 0 atom stereocenters. The molecular formula is C18H14ClN5O. The minimum Gasteiger partial charge on any atom is -0.360 e. The molecule has 124 valence electrons. The Balaban J connectivity index is 1.66. The molecule has 0 aliphatic rings. The molecule has 0 saturated carbocycles. The van der Waals surface area contributed by atoms with E-state index < -0.39 is 5.91 Å². The van der Waals surface area contributed by atoms with Crippen molar-refractivity contribution in [3.63, 3.8) is 0 Å². The molecule has 3 rings (SSSR count). The van der Waals surface area contributed by atoms with Gasteiger partial charge in [0, 0.05) is 28.8 Å². The summed E-state index contributed by atoms with van der Waals surface area (Å²) in [5.41, 5.74) is 2.35. The highest BCUT2D eigenvalue weighted by molar-refractivity contribution is 6.31. The fraction of sp³-hybridized carbons (Fsp3) is 0.0556. The van der Waals surface area contributed by atoms with Crippen molar-refractivity contribution in [2.75, 3.05) is 5.32 Å². The van der Waals surface area contributed by atoms with Crippen molar-refractivity contribution < 1.29 is 4.79 Å². The van der Waals surface area contributed by atoms with Crippen LogP contribution in [0.3, 0.4) is 0 Å². The van der Waals surface area contributed by atoms with Gasteiger partial charge in [0.2, 0.25) is 0 Å². The predicted molar refractivity (Wildman–Crippen MR) is 96.7 cm³/mol. The fourth-order valence-corrected chi connectivity index (χ4v) is 2.45. The lowest BCUT2D eigenvalue weighted by Gasteiger charge is -2.07. The van der Waals surface area contributed by atoms with Gasteiger partial charge in [-0.3, -0.25) is 9.89 Å². The van der Waals surface area contributed by atoms with Crippen molar-refractivity contribution in [1.82, 2.24) is 15.5 Å². The van der Waals surface area contributed by atoms with E-state index in [2.05, 4.69) is 20.8 Å². The number of aromatic nitrogens is 2. The number of nitrogens with one attached hydrogen (secondary N) is 3. The number of benzene rings is 2. The average Bonchev–Trinajstić information content (AvgIpc) is 3.09. The Hall–Kier alpha value is -3.30. The summed E-state index contributed by atoms with van der Waals surface area (Å²) in [6, 6.07) is 14.7. The lowest BCUT2D eigenvalue weighted by atomic mass is 10.2. The number of fused-ring (bicyclic) bond motifs is 1. The van der Waals surface area contributed by atoms with Crippen molar-refractivity contribution in [1.29, 1.82) is 5.26 Å². The summed E-state index contributed by atoms with van der Waals surface area (Å²) in [6.45, 7) is 0.248. The van der Waals surface area contributed by atoms with E-state index >= 15 is 0 Å². The lowest BCUT2D eigenvalue weighted by Crippen LogP contribution is -2.24. The Morgan fingerprint density at radius 2 is 2.16 bits per heavy atom. The summed E-state index contributed by atoms with van der Waals surface area (Å²) in [7, 11) is 0. The summed E-state index contributed by atoms with van der Waals surface area (Å²) < 4.78 is 0. The van der Waals surface area contributed by atoms with Gasteiger partial charge in [0.25, 0.3) is 5.91 Å². The van der Waals surface area contributed by atoms with E-state index in [1.165, 1.54) is 6.20 Å². The van der Waals surface area contributed by atoms with Gasteiger partial charge in [0.15, 0.2) is 0 Å². The van der Waals surface area contributed by atoms with Crippen LogP contribution in [0.5, 0.6) is 0 Å². The van der Waals surface area contributed by atoms with Gasteiger partial charge in [0.1, 0.15) is 11.6 Å². The van der Waals surface area contributed by atoms with Crippen molar-refractivity contribution in [2.45, 2.75) is 6.54 Å². The van der Waals surface area contributed by atoms with Gasteiger partial charge in [-0.2, -0.15) is 10.4 Å². The van der Waals surface area contributed by atoms with Crippen LogP contribution >= 0.6 is 11.6 Å². The molecule has 0 aliphatic carbocycles. The zero-order chi connectivity index (χ0) is 17.6. The van der Waals surface area contributed by atoms with Crippen molar-refractivity contribution >= 4 is 34.1 Å². The van der Waals surface area contributed by atoms with Crippen molar-refractivity contribution in [3.8, 4) is 6.07 Å². The first-order chi connectivity index (χ1) is 12.2. The van der Waals surface area contributed by atoms with Crippen LogP contribution in [0.1, 0.15) is 5.56 Å². The van der Waals surface area contributed by atoms with E-state index in [9.17, 15) is 10.1 Å². The Bertz CT molecular complexity index is 986. The molecule has 25 heavy (non-hydrogen) atoms. The first kappa shape index (κ1) is 16.6. The maximum atomic E-state index is 12.2. The number of H-pyrrole nitrogens is 1. The minimum absolute atomic E-state index is 0.0308. The minimum atomic E-state index is -0.475. The van der Waals surface area contributed by atoms with Gasteiger partial charge in [0.05, 0.1) is 11.7 Å². The molecule has 0 aliphatic heterocycles. The van der Waals surface area contributed by atoms with Crippen LogP contribution in [0.2, 0.25) is 5.02 Å². The summed E-state index contributed by atoms with van der Waals surface area (Å²) in [5, 5.41) is 23.2. The second-order valence-corrected chi connectivity index (χ2v) is 5.67. The van der Waals surface area contributed by atoms with Crippen LogP contribution < -0.4 is 10.6 Å². The monoisotopic (exact) mass is 351 g/mol. The quantitative estimate of drug-likeness (QED) is 0.485. The fourth-order valence-electron chi connectivity index (χ4n) is 2.24. The second-order valence-electron chi connectivity index (χ2n) is 5.26. The number of amides is 1. The summed E-state index contributed by atoms with van der Waals surface area (Å²) in [4.78, 5) is 12.2. The van der Waals surface area contributed by atoms with Gasteiger partial charge in [-0.25, -0.2) is 0 Å². The van der Waals surface area contributed by atoms with Crippen LogP contribution in [0.25, 0.3) is 10.9 Å². The molecule has 6 nitrogen and oxygen atoms in total. The molecule has 7 heteroatoms. The molecule has 0 saturated heterocycles. The van der Waals surface area contributed by atoms with Crippen molar-refractivity contribution in [3.05, 3.63) is 71.0 Å². The molecule has 0 bridgehead atoms.